The lowest BCUT2D eigenvalue weighted by Crippen LogP contribution is -2.26. The molecule has 0 radical (unpaired) electrons. The van der Waals surface area contributed by atoms with Crippen molar-refractivity contribution in [2.75, 3.05) is 13.2 Å². The van der Waals surface area contributed by atoms with Gasteiger partial charge in [0.05, 0.1) is 46.3 Å². The normalized spacial score (nSPS) is 18.0. The van der Waals surface area contributed by atoms with Gasteiger partial charge in [-0.15, -0.1) is 5.10 Å². The van der Waals surface area contributed by atoms with Crippen LogP contribution in [-0.2, 0) is 38.7 Å². The number of nitrogens with one attached hydrogen (secondary N) is 1. The topological polar surface area (TPSA) is 128 Å². The van der Waals surface area contributed by atoms with E-state index < -0.39 is 33.8 Å². The maximum absolute atomic E-state index is 15.9. The number of carbonyl (C=O) groups is 1. The van der Waals surface area contributed by atoms with Gasteiger partial charge in [0, 0.05) is 64.0 Å². The largest absolute Gasteiger partial charge is 0.481 e. The molecular weight excluding hydrogens is 650 g/mol. The Morgan fingerprint density at radius 1 is 1.12 bits per heavy atom. The minimum absolute atomic E-state index is 0.00424. The van der Waals surface area contributed by atoms with Crippen molar-refractivity contribution in [1.82, 2.24) is 29.8 Å². The van der Waals surface area contributed by atoms with E-state index in [0.717, 1.165) is 11.1 Å². The maximum Gasteiger partial charge on any atom is 0.303 e. The molecule has 2 unspecified atom stereocenters. The fourth-order valence-electron chi connectivity index (χ4n) is 6.27. The predicted molar refractivity (Wildman–Crippen MR) is 179 cm³/mol. The van der Waals surface area contributed by atoms with Gasteiger partial charge in [0.15, 0.2) is 0 Å². The van der Waals surface area contributed by atoms with E-state index in [0.29, 0.717) is 53.9 Å². The van der Waals surface area contributed by atoms with Crippen LogP contribution in [0.4, 0.5) is 8.78 Å². The number of hydrogen-bond acceptors (Lipinski definition) is 6. The average Bonchev–Trinajstić information content (AvgIpc) is 3.86. The molecule has 0 saturated carbocycles. The zero-order valence-corrected chi connectivity index (χ0v) is 27.7. The third kappa shape index (κ3) is 6.55. The summed E-state index contributed by atoms with van der Waals surface area (Å²) in [5.41, 5.74) is 3.39. The Balaban J connectivity index is 1.35. The number of halogens is 2. The molecule has 4 heterocycles. The lowest BCUT2D eigenvalue weighted by molar-refractivity contribution is -0.136. The van der Waals surface area contributed by atoms with Gasteiger partial charge in [-0.2, -0.15) is 5.10 Å². The summed E-state index contributed by atoms with van der Waals surface area (Å²) in [5.74, 6) is -2.10. The highest BCUT2D eigenvalue weighted by molar-refractivity contribution is 7.85. The number of aromatic amines is 1. The summed E-state index contributed by atoms with van der Waals surface area (Å²) in [4.78, 5) is 14.5. The molecule has 6 bridgehead atoms. The van der Waals surface area contributed by atoms with Gasteiger partial charge in [-0.05, 0) is 60.4 Å². The van der Waals surface area contributed by atoms with E-state index in [2.05, 4.69) is 15.3 Å². The monoisotopic (exact) mass is 684 g/mol. The molecule has 3 aromatic carbocycles. The van der Waals surface area contributed by atoms with Crippen LogP contribution < -0.4 is 0 Å². The molecule has 10 nitrogen and oxygen atoms in total. The molecule has 0 aliphatic carbocycles. The predicted octanol–water partition coefficient (Wildman–Crippen LogP) is 6.42. The highest BCUT2D eigenvalue weighted by atomic mass is 32.2. The minimum atomic E-state index is -2.03. The minimum Gasteiger partial charge on any atom is -0.481 e. The summed E-state index contributed by atoms with van der Waals surface area (Å²) in [6.07, 6.45) is 6.14. The van der Waals surface area contributed by atoms with Crippen molar-refractivity contribution in [3.63, 3.8) is 0 Å². The van der Waals surface area contributed by atoms with Crippen LogP contribution in [0.5, 0.6) is 0 Å². The van der Waals surface area contributed by atoms with Gasteiger partial charge in [0.1, 0.15) is 11.6 Å². The van der Waals surface area contributed by atoms with Crippen molar-refractivity contribution in [2.45, 2.75) is 60.9 Å². The molecule has 252 valence electrons. The first-order chi connectivity index (χ1) is 23.6. The number of aromatic nitrogens is 6. The Morgan fingerprint density at radius 2 is 1.98 bits per heavy atom. The van der Waals surface area contributed by atoms with E-state index in [1.54, 1.807) is 40.1 Å². The summed E-state index contributed by atoms with van der Waals surface area (Å²) in [5, 5.41) is 23.4. The van der Waals surface area contributed by atoms with Gasteiger partial charge in [0.2, 0.25) is 0 Å². The van der Waals surface area contributed by atoms with E-state index in [9.17, 15) is 14.1 Å². The van der Waals surface area contributed by atoms with E-state index in [1.807, 2.05) is 38.1 Å². The van der Waals surface area contributed by atoms with Crippen molar-refractivity contribution >= 4 is 27.7 Å². The molecule has 3 aromatic heterocycles. The van der Waals surface area contributed by atoms with Crippen LogP contribution in [0.3, 0.4) is 0 Å². The van der Waals surface area contributed by atoms with Crippen molar-refractivity contribution in [3.8, 4) is 11.3 Å². The zero-order valence-electron chi connectivity index (χ0n) is 26.9. The summed E-state index contributed by atoms with van der Waals surface area (Å²) in [6.45, 7) is 4.79. The van der Waals surface area contributed by atoms with E-state index in [-0.39, 0.29) is 34.4 Å². The molecule has 13 heteroatoms. The lowest BCUT2D eigenvalue weighted by Gasteiger charge is -2.23. The van der Waals surface area contributed by atoms with Crippen molar-refractivity contribution < 1.29 is 27.6 Å². The molecule has 1 aliphatic heterocycles. The van der Waals surface area contributed by atoms with Gasteiger partial charge in [-0.25, -0.2) is 17.7 Å². The second-order valence-corrected chi connectivity index (χ2v) is 14.3. The molecule has 6 aromatic rings. The first kappa shape index (κ1) is 32.5. The first-order valence-electron chi connectivity index (χ1n) is 15.9. The molecular formula is C36H34F2N6O4S. The van der Waals surface area contributed by atoms with Gasteiger partial charge in [0.25, 0.3) is 0 Å². The van der Waals surface area contributed by atoms with E-state index >= 15 is 8.78 Å². The van der Waals surface area contributed by atoms with Gasteiger partial charge in [-0.3, -0.25) is 9.48 Å². The summed E-state index contributed by atoms with van der Waals surface area (Å²) in [7, 11) is -2.03. The van der Waals surface area contributed by atoms with Crippen LogP contribution in [0.2, 0.25) is 0 Å². The van der Waals surface area contributed by atoms with Crippen LogP contribution in [-0.4, -0.2) is 58.3 Å². The Bertz CT molecular complexity index is 2210. The van der Waals surface area contributed by atoms with E-state index in [1.165, 1.54) is 24.3 Å². The quantitative estimate of drug-likeness (QED) is 0.219. The molecule has 0 spiro atoms. The van der Waals surface area contributed by atoms with Crippen LogP contribution in [0.15, 0.2) is 89.0 Å². The van der Waals surface area contributed by atoms with Crippen LogP contribution >= 0.6 is 0 Å². The number of fused-ring (bicyclic) bond motifs is 10. The Labute approximate surface area is 283 Å². The smallest absolute Gasteiger partial charge is 0.303 e. The fraction of sp³-hybridized carbons (Fsp3) is 0.278. The number of H-pyrrole nitrogens is 1. The number of ether oxygens (including phenoxy) is 1. The SMILES string of the molecule is CC1(C)COCCC(c2cccc(CCC(=O)O)c2)n2ccc(n2)-c2cc(ccc2F)S(=O)c2c(F)cc3[nH]ccc3c2Cn2cc1nn2. The van der Waals surface area contributed by atoms with Gasteiger partial charge < -0.3 is 14.8 Å². The van der Waals surface area contributed by atoms with Crippen molar-refractivity contribution in [3.05, 3.63) is 113 Å². The highest BCUT2D eigenvalue weighted by Crippen LogP contribution is 2.34. The van der Waals surface area contributed by atoms with Gasteiger partial charge >= 0.3 is 5.97 Å². The average molecular weight is 685 g/mol. The Morgan fingerprint density at radius 3 is 2.82 bits per heavy atom. The molecule has 2 atom stereocenters. The number of aliphatic carboxylic acids is 1. The fourth-order valence-corrected chi connectivity index (χ4v) is 7.56. The molecule has 49 heavy (non-hydrogen) atoms. The van der Waals surface area contributed by atoms with Crippen LogP contribution in [0.1, 0.15) is 55.1 Å². The number of hydrogen-bond donors (Lipinski definition) is 2. The second-order valence-electron chi connectivity index (χ2n) is 12.9. The van der Waals surface area contributed by atoms with E-state index in [4.69, 9.17) is 9.84 Å². The summed E-state index contributed by atoms with van der Waals surface area (Å²) in [6, 6.07) is 16.2. The van der Waals surface area contributed by atoms with Crippen molar-refractivity contribution in [1.29, 1.82) is 0 Å². The molecule has 0 amide bonds. The molecule has 0 fully saturated rings. The molecule has 0 saturated heterocycles. The Kier molecular flexibility index (Phi) is 8.72. The molecule has 2 N–H and O–H groups in total. The molecule has 1 aliphatic rings. The van der Waals surface area contributed by atoms with Crippen LogP contribution in [0.25, 0.3) is 22.2 Å². The zero-order chi connectivity index (χ0) is 34.3. The number of nitrogens with zero attached hydrogens (tertiary/aromatic N) is 5. The standard InChI is InChI=1S/C36H34F2N6O4S/c1-36(2)21-48-15-12-32(23-5-3-4-22(16-23)6-9-34(45)46)44-14-11-30(41-44)26-17-24(7-8-28(26)37)49(47)35-27(19-43-20-33(36)40-42-43)25-10-13-39-31(25)18-29(35)38/h3-5,7-8,10-11,13-14,16-18,20,32,39H,6,9,12,15,19,21H2,1-2H3,(H,45,46). The first-order valence-corrected chi connectivity index (χ1v) is 17.1. The number of carboxylic acid groups (broad SMARTS) is 1. The second kappa shape index (κ2) is 13.1. The highest BCUT2D eigenvalue weighted by Gasteiger charge is 2.28. The number of aryl methyl sites for hydroxylation is 1. The molecule has 7 rings (SSSR count). The number of carboxylic acids is 1. The lowest BCUT2D eigenvalue weighted by atomic mass is 9.91. The number of benzene rings is 3. The summed E-state index contributed by atoms with van der Waals surface area (Å²) >= 11 is 0. The van der Waals surface area contributed by atoms with Crippen LogP contribution in [0, 0.1) is 11.6 Å². The third-order valence-corrected chi connectivity index (χ3v) is 10.4. The Hall–Kier alpha value is -5.01. The van der Waals surface area contributed by atoms with Gasteiger partial charge in [-0.1, -0.05) is 43.3 Å². The third-order valence-electron chi connectivity index (χ3n) is 8.92. The summed E-state index contributed by atoms with van der Waals surface area (Å²) < 4.78 is 55.1. The van der Waals surface area contributed by atoms with Crippen molar-refractivity contribution in [2.24, 2.45) is 0 Å². The maximum atomic E-state index is 15.9. The number of rotatable bonds is 4.